The molecule has 1 aromatic carbocycles. The van der Waals surface area contributed by atoms with E-state index in [1.807, 2.05) is 42.3 Å². The third kappa shape index (κ3) is 6.03. The standard InChI is InChI=1S/C22H30N4O2S/c1-26-20(27)15-18(21(26)17-7-4-3-5-8-17)16-25-22(24-12-14-29-2)23-11-10-19-9-6-13-28-19/h3-9,13,18,21H,10-12,14-16H2,1-2H3,(H2,23,24,25). The molecule has 0 aliphatic carbocycles. The van der Waals surface area contributed by atoms with Gasteiger partial charge in [-0.05, 0) is 24.0 Å². The molecule has 156 valence electrons. The van der Waals surface area contributed by atoms with Gasteiger partial charge < -0.3 is 20.0 Å². The highest BCUT2D eigenvalue weighted by atomic mass is 32.2. The van der Waals surface area contributed by atoms with Gasteiger partial charge in [0.05, 0.1) is 12.3 Å². The van der Waals surface area contributed by atoms with Gasteiger partial charge in [0.25, 0.3) is 0 Å². The summed E-state index contributed by atoms with van der Waals surface area (Å²) in [5.74, 6) is 3.10. The number of hydrogen-bond acceptors (Lipinski definition) is 4. The van der Waals surface area contributed by atoms with Crippen molar-refractivity contribution in [3.05, 3.63) is 60.1 Å². The molecule has 2 unspecified atom stereocenters. The van der Waals surface area contributed by atoms with E-state index in [9.17, 15) is 4.79 Å². The SMILES string of the molecule is CSCCNC(=NCC1CC(=O)N(C)C1c1ccccc1)NCCc1ccco1. The maximum atomic E-state index is 12.4. The number of nitrogens with one attached hydrogen (secondary N) is 2. The van der Waals surface area contributed by atoms with Crippen molar-refractivity contribution in [3.63, 3.8) is 0 Å². The molecule has 2 heterocycles. The summed E-state index contributed by atoms with van der Waals surface area (Å²) in [4.78, 5) is 19.0. The number of nitrogens with zero attached hydrogens (tertiary/aromatic N) is 2. The first-order valence-corrected chi connectivity index (χ1v) is 11.4. The van der Waals surface area contributed by atoms with Crippen LogP contribution in [0.25, 0.3) is 0 Å². The van der Waals surface area contributed by atoms with E-state index in [0.29, 0.717) is 13.0 Å². The molecule has 0 spiro atoms. The average Bonchev–Trinajstić information content (AvgIpc) is 3.35. The number of rotatable bonds is 9. The third-order valence-electron chi connectivity index (χ3n) is 5.16. The minimum Gasteiger partial charge on any atom is -0.469 e. The van der Waals surface area contributed by atoms with Gasteiger partial charge in [-0.25, -0.2) is 0 Å². The lowest BCUT2D eigenvalue weighted by molar-refractivity contribution is -0.127. The molecule has 3 rings (SSSR count). The Hall–Kier alpha value is -2.41. The topological polar surface area (TPSA) is 69.9 Å². The van der Waals surface area contributed by atoms with Gasteiger partial charge in [-0.2, -0.15) is 11.8 Å². The van der Waals surface area contributed by atoms with Crippen LogP contribution in [-0.4, -0.2) is 55.5 Å². The largest absolute Gasteiger partial charge is 0.469 e. The van der Waals surface area contributed by atoms with E-state index in [2.05, 4.69) is 29.0 Å². The summed E-state index contributed by atoms with van der Waals surface area (Å²) >= 11 is 1.80. The highest BCUT2D eigenvalue weighted by Gasteiger charge is 2.38. The summed E-state index contributed by atoms with van der Waals surface area (Å²) in [5.41, 5.74) is 1.17. The second-order valence-corrected chi connectivity index (χ2v) is 8.17. The molecule has 1 fully saturated rings. The Morgan fingerprint density at radius 3 is 2.72 bits per heavy atom. The molecule has 1 amide bonds. The van der Waals surface area contributed by atoms with Crippen LogP contribution in [0, 0.1) is 5.92 Å². The lowest BCUT2D eigenvalue weighted by Crippen LogP contribution is -2.40. The van der Waals surface area contributed by atoms with Gasteiger partial charge in [-0.1, -0.05) is 30.3 Å². The first-order valence-electron chi connectivity index (χ1n) is 10.0. The molecular weight excluding hydrogens is 384 g/mol. The summed E-state index contributed by atoms with van der Waals surface area (Å²) < 4.78 is 5.40. The molecule has 1 aromatic heterocycles. The van der Waals surface area contributed by atoms with Gasteiger partial charge in [0, 0.05) is 51.2 Å². The molecule has 2 aromatic rings. The summed E-state index contributed by atoms with van der Waals surface area (Å²) in [5, 5.41) is 6.78. The number of thioether (sulfide) groups is 1. The van der Waals surface area contributed by atoms with Crippen LogP contribution in [0.3, 0.4) is 0 Å². The molecule has 7 heteroatoms. The van der Waals surface area contributed by atoms with Gasteiger partial charge >= 0.3 is 0 Å². The smallest absolute Gasteiger partial charge is 0.223 e. The number of furan rings is 1. The summed E-state index contributed by atoms with van der Waals surface area (Å²) in [6.45, 7) is 2.19. The lowest BCUT2D eigenvalue weighted by atomic mass is 9.94. The quantitative estimate of drug-likeness (QED) is 0.375. The van der Waals surface area contributed by atoms with Crippen LogP contribution in [0.5, 0.6) is 0 Å². The predicted molar refractivity (Wildman–Crippen MR) is 119 cm³/mol. The normalized spacial score (nSPS) is 19.6. The van der Waals surface area contributed by atoms with E-state index in [-0.39, 0.29) is 17.9 Å². The molecule has 6 nitrogen and oxygen atoms in total. The van der Waals surface area contributed by atoms with Gasteiger partial charge in [-0.3, -0.25) is 9.79 Å². The molecule has 29 heavy (non-hydrogen) atoms. The highest BCUT2D eigenvalue weighted by molar-refractivity contribution is 7.98. The van der Waals surface area contributed by atoms with Crippen molar-refractivity contribution in [2.45, 2.75) is 18.9 Å². The van der Waals surface area contributed by atoms with Crippen LogP contribution < -0.4 is 10.6 Å². The van der Waals surface area contributed by atoms with Crippen molar-refractivity contribution in [2.24, 2.45) is 10.9 Å². The number of hydrogen-bond donors (Lipinski definition) is 2. The fourth-order valence-corrected chi connectivity index (χ4v) is 3.98. The fourth-order valence-electron chi connectivity index (χ4n) is 3.67. The number of aliphatic imine (C=N–C) groups is 1. The Morgan fingerprint density at radius 1 is 1.21 bits per heavy atom. The second-order valence-electron chi connectivity index (χ2n) is 7.19. The summed E-state index contributed by atoms with van der Waals surface area (Å²) in [6.07, 6.45) is 5.11. The van der Waals surface area contributed by atoms with E-state index in [0.717, 1.165) is 37.0 Å². The number of carbonyl (C=O) groups excluding carboxylic acids is 1. The molecule has 0 saturated carbocycles. The van der Waals surface area contributed by atoms with Gasteiger partial charge in [0.15, 0.2) is 5.96 Å². The molecule has 0 bridgehead atoms. The van der Waals surface area contributed by atoms with Crippen LogP contribution in [0.4, 0.5) is 0 Å². The summed E-state index contributed by atoms with van der Waals surface area (Å²) in [6, 6.07) is 14.2. The number of guanidine groups is 1. The van der Waals surface area contributed by atoms with Gasteiger partial charge in [-0.15, -0.1) is 0 Å². The fraction of sp³-hybridized carbons (Fsp3) is 0.455. The maximum absolute atomic E-state index is 12.4. The third-order valence-corrected chi connectivity index (χ3v) is 5.77. The van der Waals surface area contributed by atoms with E-state index in [1.54, 1.807) is 18.0 Å². The van der Waals surface area contributed by atoms with Gasteiger partial charge in [0.2, 0.25) is 5.91 Å². The van der Waals surface area contributed by atoms with Crippen molar-refractivity contribution in [1.29, 1.82) is 0 Å². The number of carbonyl (C=O) groups is 1. The van der Waals surface area contributed by atoms with E-state index >= 15 is 0 Å². The number of amides is 1. The van der Waals surface area contributed by atoms with E-state index < -0.39 is 0 Å². The Morgan fingerprint density at radius 2 is 2.00 bits per heavy atom. The van der Waals surface area contributed by atoms with Crippen LogP contribution in [0.15, 0.2) is 58.1 Å². The number of benzene rings is 1. The number of likely N-dealkylation sites (tertiary alicyclic amines) is 1. The van der Waals surface area contributed by atoms with Crippen molar-refractivity contribution in [2.75, 3.05) is 38.7 Å². The van der Waals surface area contributed by atoms with E-state index in [4.69, 9.17) is 9.41 Å². The first-order chi connectivity index (χ1) is 14.2. The van der Waals surface area contributed by atoms with Crippen LogP contribution >= 0.6 is 11.8 Å². The zero-order valence-electron chi connectivity index (χ0n) is 17.1. The van der Waals surface area contributed by atoms with Crippen molar-refractivity contribution in [1.82, 2.24) is 15.5 Å². The molecule has 1 saturated heterocycles. The molecule has 1 aliphatic rings. The van der Waals surface area contributed by atoms with Crippen LogP contribution in [-0.2, 0) is 11.2 Å². The molecule has 1 aliphatic heterocycles. The molecule has 0 radical (unpaired) electrons. The Kier molecular flexibility index (Phi) is 8.04. The second kappa shape index (κ2) is 11.0. The van der Waals surface area contributed by atoms with Crippen LogP contribution in [0.1, 0.15) is 23.8 Å². The van der Waals surface area contributed by atoms with Crippen LogP contribution in [0.2, 0.25) is 0 Å². The van der Waals surface area contributed by atoms with Crippen molar-refractivity contribution < 1.29 is 9.21 Å². The summed E-state index contributed by atoms with van der Waals surface area (Å²) in [7, 11) is 1.89. The Balaban J connectivity index is 1.64. The average molecular weight is 415 g/mol. The molecule has 2 N–H and O–H groups in total. The lowest BCUT2D eigenvalue weighted by Gasteiger charge is -2.25. The first kappa shape index (κ1) is 21.3. The van der Waals surface area contributed by atoms with Crippen molar-refractivity contribution >= 4 is 23.6 Å². The highest BCUT2D eigenvalue weighted by Crippen LogP contribution is 2.36. The predicted octanol–water partition coefficient (Wildman–Crippen LogP) is 2.94. The monoisotopic (exact) mass is 414 g/mol. The zero-order valence-corrected chi connectivity index (χ0v) is 18.0. The minimum atomic E-state index is 0.0722. The minimum absolute atomic E-state index is 0.0722. The molecule has 2 atom stereocenters. The van der Waals surface area contributed by atoms with Crippen molar-refractivity contribution in [3.8, 4) is 0 Å². The Bertz CT molecular complexity index is 779. The van der Waals surface area contributed by atoms with E-state index in [1.165, 1.54) is 5.56 Å². The van der Waals surface area contributed by atoms with Gasteiger partial charge in [0.1, 0.15) is 5.76 Å². The maximum Gasteiger partial charge on any atom is 0.223 e. The zero-order chi connectivity index (χ0) is 20.5. The Labute approximate surface area is 177 Å². The molecular formula is C22H30N4O2S.